The smallest absolute Gasteiger partial charge is 0.159 e. The zero-order chi connectivity index (χ0) is 17.2. The Morgan fingerprint density at radius 3 is 2.21 bits per heavy atom. The fourth-order valence-electron chi connectivity index (χ4n) is 2.82. The summed E-state index contributed by atoms with van der Waals surface area (Å²) in [6, 6.07) is 5.35. The molecule has 2 aromatic rings. The van der Waals surface area contributed by atoms with E-state index in [0.29, 0.717) is 5.82 Å². The average molecular weight is 328 g/mol. The van der Waals surface area contributed by atoms with Gasteiger partial charge in [0.25, 0.3) is 0 Å². The number of rotatable bonds is 10. The second kappa shape index (κ2) is 10.2. The number of hydrogen-bond donors (Lipinski definition) is 0. The van der Waals surface area contributed by atoms with Crippen molar-refractivity contribution in [1.29, 1.82) is 0 Å². The highest BCUT2D eigenvalue weighted by Gasteiger charge is 2.07. The Bertz CT molecular complexity index is 608. The fraction of sp³-hybridized carbons (Fsp3) is 0.524. The van der Waals surface area contributed by atoms with E-state index < -0.39 is 0 Å². The Labute approximate surface area is 145 Å². The van der Waals surface area contributed by atoms with Crippen LogP contribution in [0.5, 0.6) is 0 Å². The Hall–Kier alpha value is -1.77. The van der Waals surface area contributed by atoms with Crippen LogP contribution in [0, 0.1) is 5.82 Å². The third kappa shape index (κ3) is 5.70. The van der Waals surface area contributed by atoms with Gasteiger partial charge in [-0.3, -0.25) is 0 Å². The molecule has 0 N–H and O–H groups in total. The topological polar surface area (TPSA) is 25.8 Å². The molecule has 130 valence electrons. The highest BCUT2D eigenvalue weighted by atomic mass is 19.1. The molecule has 0 atom stereocenters. The third-order valence-electron chi connectivity index (χ3n) is 4.39. The van der Waals surface area contributed by atoms with E-state index in [0.717, 1.165) is 42.4 Å². The number of hydrogen-bond acceptors (Lipinski definition) is 2. The van der Waals surface area contributed by atoms with Crippen molar-refractivity contribution in [2.24, 2.45) is 0 Å². The molecule has 0 amide bonds. The van der Waals surface area contributed by atoms with Crippen LogP contribution in [0.15, 0.2) is 30.6 Å². The summed E-state index contributed by atoms with van der Waals surface area (Å²) in [6.45, 7) is 4.34. The molecular formula is C21H29FN2. The molecule has 24 heavy (non-hydrogen) atoms. The van der Waals surface area contributed by atoms with Gasteiger partial charge in [0.1, 0.15) is 5.82 Å². The van der Waals surface area contributed by atoms with E-state index in [1.165, 1.54) is 32.1 Å². The van der Waals surface area contributed by atoms with Crippen molar-refractivity contribution in [2.45, 2.75) is 71.6 Å². The van der Waals surface area contributed by atoms with Gasteiger partial charge in [0.15, 0.2) is 5.82 Å². The van der Waals surface area contributed by atoms with Crippen LogP contribution in [0.25, 0.3) is 11.4 Å². The lowest BCUT2D eigenvalue weighted by molar-refractivity contribution is 0.603. The summed E-state index contributed by atoms with van der Waals surface area (Å²) in [5.74, 6) is 0.454. The van der Waals surface area contributed by atoms with E-state index in [9.17, 15) is 4.39 Å². The molecule has 0 bridgehead atoms. The second-order valence-corrected chi connectivity index (χ2v) is 6.49. The maximum Gasteiger partial charge on any atom is 0.159 e. The van der Waals surface area contributed by atoms with Crippen molar-refractivity contribution < 1.29 is 4.39 Å². The van der Waals surface area contributed by atoms with Gasteiger partial charge in [0.2, 0.25) is 0 Å². The van der Waals surface area contributed by atoms with Crippen LogP contribution in [0.3, 0.4) is 0 Å². The van der Waals surface area contributed by atoms with Crippen molar-refractivity contribution in [2.75, 3.05) is 0 Å². The zero-order valence-electron chi connectivity index (χ0n) is 15.0. The minimum Gasteiger partial charge on any atom is -0.236 e. The van der Waals surface area contributed by atoms with Gasteiger partial charge in [-0.1, -0.05) is 58.1 Å². The molecule has 2 nitrogen and oxygen atoms in total. The van der Waals surface area contributed by atoms with Crippen molar-refractivity contribution in [3.63, 3.8) is 0 Å². The number of benzene rings is 1. The molecular weight excluding hydrogens is 299 g/mol. The average Bonchev–Trinajstić information content (AvgIpc) is 2.61. The molecule has 2 rings (SSSR count). The summed E-state index contributed by atoms with van der Waals surface area (Å²) in [6.07, 6.45) is 14.0. The number of aromatic nitrogens is 2. The maximum atomic E-state index is 14.2. The van der Waals surface area contributed by atoms with E-state index in [2.05, 4.69) is 23.8 Å². The van der Waals surface area contributed by atoms with Crippen LogP contribution in [-0.4, -0.2) is 9.97 Å². The predicted octanol–water partition coefficient (Wildman–Crippen LogP) is 6.14. The van der Waals surface area contributed by atoms with E-state index in [-0.39, 0.29) is 5.82 Å². The largest absolute Gasteiger partial charge is 0.236 e. The van der Waals surface area contributed by atoms with E-state index in [1.54, 1.807) is 6.07 Å². The Morgan fingerprint density at radius 1 is 0.833 bits per heavy atom. The highest BCUT2D eigenvalue weighted by molar-refractivity contribution is 5.55. The van der Waals surface area contributed by atoms with Gasteiger partial charge < -0.3 is 0 Å². The van der Waals surface area contributed by atoms with Gasteiger partial charge in [-0.2, -0.15) is 0 Å². The second-order valence-electron chi connectivity index (χ2n) is 6.49. The SMILES string of the molecule is CCCCCCCc1cnc(-c2ccc(CCCC)c(F)c2)nc1. The zero-order valence-corrected chi connectivity index (χ0v) is 15.0. The third-order valence-corrected chi connectivity index (χ3v) is 4.39. The summed E-state index contributed by atoms with van der Waals surface area (Å²) >= 11 is 0. The molecule has 1 heterocycles. The summed E-state index contributed by atoms with van der Waals surface area (Å²) in [5.41, 5.74) is 2.70. The Balaban J connectivity index is 1.94. The van der Waals surface area contributed by atoms with Gasteiger partial charge in [0, 0.05) is 18.0 Å². The first kappa shape index (κ1) is 18.6. The lowest BCUT2D eigenvalue weighted by Crippen LogP contribution is -1.96. The fourth-order valence-corrected chi connectivity index (χ4v) is 2.82. The molecule has 0 saturated heterocycles. The van der Waals surface area contributed by atoms with E-state index >= 15 is 0 Å². The molecule has 0 unspecified atom stereocenters. The molecule has 0 aliphatic carbocycles. The Kier molecular flexibility index (Phi) is 7.87. The van der Waals surface area contributed by atoms with Crippen molar-refractivity contribution in [3.8, 4) is 11.4 Å². The molecule has 0 fully saturated rings. The molecule has 0 saturated carbocycles. The monoisotopic (exact) mass is 328 g/mol. The number of aryl methyl sites for hydroxylation is 2. The van der Waals surface area contributed by atoms with Crippen LogP contribution in [0.1, 0.15) is 69.9 Å². The van der Waals surface area contributed by atoms with Gasteiger partial charge in [0.05, 0.1) is 0 Å². The first-order valence-electron chi connectivity index (χ1n) is 9.34. The molecule has 3 heteroatoms. The number of nitrogens with zero attached hydrogens (tertiary/aromatic N) is 2. The van der Waals surface area contributed by atoms with Gasteiger partial charge in [-0.25, -0.2) is 14.4 Å². The summed E-state index contributed by atoms with van der Waals surface area (Å²) in [7, 11) is 0. The normalized spacial score (nSPS) is 11.0. The van der Waals surface area contributed by atoms with E-state index in [4.69, 9.17) is 0 Å². The van der Waals surface area contributed by atoms with Gasteiger partial charge in [-0.05, 0) is 42.9 Å². The lowest BCUT2D eigenvalue weighted by Gasteiger charge is -2.06. The lowest BCUT2D eigenvalue weighted by atomic mass is 10.0. The molecule has 0 spiro atoms. The van der Waals surface area contributed by atoms with Crippen molar-refractivity contribution >= 4 is 0 Å². The quantitative estimate of drug-likeness (QED) is 0.490. The summed E-state index contributed by atoms with van der Waals surface area (Å²) in [4.78, 5) is 8.84. The highest BCUT2D eigenvalue weighted by Crippen LogP contribution is 2.20. The molecule has 1 aromatic carbocycles. The first-order chi connectivity index (χ1) is 11.7. The van der Waals surface area contributed by atoms with Crippen LogP contribution in [-0.2, 0) is 12.8 Å². The van der Waals surface area contributed by atoms with Gasteiger partial charge in [-0.15, -0.1) is 0 Å². The molecule has 0 aliphatic heterocycles. The minimum absolute atomic E-state index is 0.149. The molecule has 0 aliphatic rings. The van der Waals surface area contributed by atoms with E-state index in [1.807, 2.05) is 24.5 Å². The van der Waals surface area contributed by atoms with Crippen LogP contribution in [0.2, 0.25) is 0 Å². The van der Waals surface area contributed by atoms with Gasteiger partial charge >= 0.3 is 0 Å². The standard InChI is InChI=1S/C21H29FN2/c1-3-5-7-8-9-10-17-15-23-21(24-16-17)19-13-12-18(11-6-4-2)20(22)14-19/h12-16H,3-11H2,1-2H3. The maximum absolute atomic E-state index is 14.2. The predicted molar refractivity (Wildman–Crippen MR) is 98.5 cm³/mol. The first-order valence-corrected chi connectivity index (χ1v) is 9.34. The van der Waals surface area contributed by atoms with Crippen molar-refractivity contribution in [1.82, 2.24) is 9.97 Å². The summed E-state index contributed by atoms with van der Waals surface area (Å²) in [5, 5.41) is 0. The van der Waals surface area contributed by atoms with Crippen LogP contribution < -0.4 is 0 Å². The van der Waals surface area contributed by atoms with Crippen LogP contribution in [0.4, 0.5) is 4.39 Å². The van der Waals surface area contributed by atoms with Crippen LogP contribution >= 0.6 is 0 Å². The minimum atomic E-state index is -0.149. The Morgan fingerprint density at radius 2 is 1.54 bits per heavy atom. The summed E-state index contributed by atoms with van der Waals surface area (Å²) < 4.78 is 14.2. The number of halogens is 1. The molecule has 1 aromatic heterocycles. The molecule has 0 radical (unpaired) electrons. The number of unbranched alkanes of at least 4 members (excludes halogenated alkanes) is 5. The van der Waals surface area contributed by atoms with Crippen molar-refractivity contribution in [3.05, 3.63) is 47.5 Å².